The van der Waals surface area contributed by atoms with Gasteiger partial charge in [-0.3, -0.25) is 4.79 Å². The summed E-state index contributed by atoms with van der Waals surface area (Å²) in [5.74, 6) is 0.877. The van der Waals surface area contributed by atoms with Gasteiger partial charge in [0.15, 0.2) is 0 Å². The maximum Gasteiger partial charge on any atom is 0.243 e. The quantitative estimate of drug-likeness (QED) is 0.530. The molecule has 1 aliphatic rings. The van der Waals surface area contributed by atoms with E-state index < -0.39 is 10.0 Å². The van der Waals surface area contributed by atoms with Crippen LogP contribution in [0.1, 0.15) is 43.6 Å². The van der Waals surface area contributed by atoms with E-state index >= 15 is 0 Å². The predicted octanol–water partition coefficient (Wildman–Crippen LogP) is 4.85. The number of nitrogens with zero attached hydrogens (tertiary/aromatic N) is 2. The zero-order chi connectivity index (χ0) is 22.7. The number of sulfonamides is 1. The number of anilines is 1. The van der Waals surface area contributed by atoms with Crippen molar-refractivity contribution in [2.45, 2.75) is 56.4 Å². The second-order valence-corrected chi connectivity index (χ2v) is 11.0. The highest BCUT2D eigenvalue weighted by Crippen LogP contribution is 2.28. The number of nitrogens with one attached hydrogen (secondary N) is 1. The van der Waals surface area contributed by atoms with Gasteiger partial charge in [-0.2, -0.15) is 4.31 Å². The van der Waals surface area contributed by atoms with Crippen molar-refractivity contribution >= 4 is 33.0 Å². The topological polar surface area (TPSA) is 92.5 Å². The van der Waals surface area contributed by atoms with Crippen molar-refractivity contribution in [1.82, 2.24) is 9.29 Å². The van der Waals surface area contributed by atoms with E-state index in [4.69, 9.17) is 4.42 Å². The maximum atomic E-state index is 13.0. The van der Waals surface area contributed by atoms with Crippen LogP contribution in [0.3, 0.4) is 0 Å². The van der Waals surface area contributed by atoms with E-state index in [2.05, 4.69) is 10.3 Å². The third-order valence-electron chi connectivity index (χ3n) is 5.86. The molecule has 0 saturated heterocycles. The highest BCUT2D eigenvalue weighted by Gasteiger charge is 2.29. The second-order valence-electron chi connectivity index (χ2n) is 8.06. The Morgan fingerprint density at radius 2 is 1.91 bits per heavy atom. The Morgan fingerprint density at radius 1 is 1.19 bits per heavy atom. The van der Waals surface area contributed by atoms with E-state index in [1.54, 1.807) is 38.2 Å². The smallest absolute Gasteiger partial charge is 0.243 e. The van der Waals surface area contributed by atoms with Crippen molar-refractivity contribution in [2.24, 2.45) is 0 Å². The number of aromatic nitrogens is 1. The molecule has 32 heavy (non-hydrogen) atoms. The van der Waals surface area contributed by atoms with Crippen LogP contribution in [0.25, 0.3) is 10.8 Å². The lowest BCUT2D eigenvalue weighted by Crippen LogP contribution is -2.38. The molecule has 0 spiro atoms. The molecule has 2 aromatic heterocycles. The number of carbonyl (C=O) groups is 1. The van der Waals surface area contributed by atoms with Gasteiger partial charge in [0.1, 0.15) is 5.76 Å². The van der Waals surface area contributed by atoms with Gasteiger partial charge in [-0.1, -0.05) is 25.3 Å². The Kier molecular flexibility index (Phi) is 6.78. The van der Waals surface area contributed by atoms with Crippen LogP contribution >= 0.6 is 11.3 Å². The number of oxazole rings is 1. The Hall–Kier alpha value is -2.49. The molecular weight excluding hydrogens is 446 g/mol. The molecule has 1 fully saturated rings. The molecular formula is C23H27N3O4S2. The van der Waals surface area contributed by atoms with E-state index in [-0.39, 0.29) is 23.3 Å². The van der Waals surface area contributed by atoms with Crippen LogP contribution < -0.4 is 5.32 Å². The molecule has 1 N–H and O–H groups in total. The molecule has 7 nitrogen and oxygen atoms in total. The standard InChI is InChI=1S/C23H27N3O4S2/c1-16-20(25-23(30-16)21-9-6-14-31-21)15-22(27)24-17-10-12-19(13-11-17)32(28,29)26(2)18-7-4-3-5-8-18/h6,9-14,18H,3-5,7-8,15H2,1-2H3,(H,24,27). The van der Waals surface area contributed by atoms with Gasteiger partial charge >= 0.3 is 0 Å². The average Bonchev–Trinajstić information content (AvgIpc) is 3.44. The normalized spacial score (nSPS) is 15.2. The third kappa shape index (κ3) is 4.95. The number of aryl methyl sites for hydroxylation is 1. The highest BCUT2D eigenvalue weighted by atomic mass is 32.2. The number of thiophene rings is 1. The molecule has 1 saturated carbocycles. The molecule has 9 heteroatoms. The second kappa shape index (κ2) is 9.56. The molecule has 0 unspecified atom stereocenters. The minimum absolute atomic E-state index is 0.0536. The summed E-state index contributed by atoms with van der Waals surface area (Å²) in [7, 11) is -1.90. The lowest BCUT2D eigenvalue weighted by Gasteiger charge is -2.30. The van der Waals surface area contributed by atoms with Crippen LogP contribution in [0.4, 0.5) is 5.69 Å². The number of amides is 1. The number of carbonyl (C=O) groups excluding carboxylic acids is 1. The Bertz CT molecular complexity index is 1160. The van der Waals surface area contributed by atoms with E-state index in [1.807, 2.05) is 17.5 Å². The fourth-order valence-corrected chi connectivity index (χ4v) is 6.04. The van der Waals surface area contributed by atoms with E-state index in [9.17, 15) is 13.2 Å². The fraction of sp³-hybridized carbons (Fsp3) is 0.391. The van der Waals surface area contributed by atoms with Gasteiger partial charge in [0.25, 0.3) is 0 Å². The molecule has 3 aromatic rings. The molecule has 170 valence electrons. The maximum absolute atomic E-state index is 13.0. The van der Waals surface area contributed by atoms with Gasteiger partial charge in [-0.15, -0.1) is 11.3 Å². The van der Waals surface area contributed by atoms with E-state index in [0.717, 1.165) is 30.6 Å². The molecule has 0 bridgehead atoms. The van der Waals surface area contributed by atoms with Crippen molar-refractivity contribution in [2.75, 3.05) is 12.4 Å². The lowest BCUT2D eigenvalue weighted by atomic mass is 9.96. The molecule has 1 aromatic carbocycles. The predicted molar refractivity (Wildman–Crippen MR) is 125 cm³/mol. The van der Waals surface area contributed by atoms with Gasteiger partial charge in [0.05, 0.1) is 21.9 Å². The Labute approximate surface area is 192 Å². The van der Waals surface area contributed by atoms with Crippen LogP contribution in [0.2, 0.25) is 0 Å². The van der Waals surface area contributed by atoms with Gasteiger partial charge in [0, 0.05) is 18.8 Å². The zero-order valence-corrected chi connectivity index (χ0v) is 19.8. The molecule has 0 radical (unpaired) electrons. The first-order chi connectivity index (χ1) is 15.3. The van der Waals surface area contributed by atoms with Crippen molar-refractivity contribution in [3.63, 3.8) is 0 Å². The monoisotopic (exact) mass is 473 g/mol. The zero-order valence-electron chi connectivity index (χ0n) is 18.2. The van der Waals surface area contributed by atoms with Crippen LogP contribution in [-0.2, 0) is 21.2 Å². The summed E-state index contributed by atoms with van der Waals surface area (Å²) in [5.41, 5.74) is 1.12. The average molecular weight is 474 g/mol. The summed E-state index contributed by atoms with van der Waals surface area (Å²) in [6.45, 7) is 1.79. The van der Waals surface area contributed by atoms with Crippen LogP contribution in [0.15, 0.2) is 51.1 Å². The first-order valence-electron chi connectivity index (χ1n) is 10.7. The summed E-state index contributed by atoms with van der Waals surface area (Å²) >= 11 is 1.52. The molecule has 2 heterocycles. The molecule has 0 atom stereocenters. The Balaban J connectivity index is 1.40. The van der Waals surface area contributed by atoms with Crippen molar-refractivity contribution < 1.29 is 17.6 Å². The largest absolute Gasteiger partial charge is 0.440 e. The molecule has 1 amide bonds. The van der Waals surface area contributed by atoms with Crippen molar-refractivity contribution in [3.05, 3.63) is 53.2 Å². The van der Waals surface area contributed by atoms with Gasteiger partial charge < -0.3 is 9.73 Å². The highest BCUT2D eigenvalue weighted by molar-refractivity contribution is 7.89. The summed E-state index contributed by atoms with van der Waals surface area (Å²) in [5, 5.41) is 4.75. The van der Waals surface area contributed by atoms with Crippen LogP contribution in [0.5, 0.6) is 0 Å². The van der Waals surface area contributed by atoms with E-state index in [0.29, 0.717) is 23.0 Å². The Morgan fingerprint density at radius 3 is 2.56 bits per heavy atom. The summed E-state index contributed by atoms with van der Waals surface area (Å²) < 4.78 is 33.1. The minimum Gasteiger partial charge on any atom is -0.440 e. The number of hydrogen-bond donors (Lipinski definition) is 1. The fourth-order valence-electron chi connectivity index (χ4n) is 3.97. The van der Waals surface area contributed by atoms with Gasteiger partial charge in [0.2, 0.25) is 21.8 Å². The first kappa shape index (κ1) is 22.7. The summed E-state index contributed by atoms with van der Waals surface area (Å²) in [4.78, 5) is 18.1. The summed E-state index contributed by atoms with van der Waals surface area (Å²) in [6, 6.07) is 10.2. The van der Waals surface area contributed by atoms with Gasteiger partial charge in [-0.25, -0.2) is 13.4 Å². The van der Waals surface area contributed by atoms with Crippen molar-refractivity contribution in [3.8, 4) is 10.8 Å². The number of hydrogen-bond acceptors (Lipinski definition) is 6. The minimum atomic E-state index is -3.56. The molecule has 4 rings (SSSR count). The van der Waals surface area contributed by atoms with Crippen LogP contribution in [0, 0.1) is 6.92 Å². The number of benzene rings is 1. The van der Waals surface area contributed by atoms with Crippen molar-refractivity contribution in [1.29, 1.82) is 0 Å². The SMILES string of the molecule is Cc1oc(-c2cccs2)nc1CC(=O)Nc1ccc(S(=O)(=O)N(C)C2CCCCC2)cc1. The lowest BCUT2D eigenvalue weighted by molar-refractivity contribution is -0.115. The van der Waals surface area contributed by atoms with E-state index in [1.165, 1.54) is 22.1 Å². The van der Waals surface area contributed by atoms with Gasteiger partial charge in [-0.05, 0) is 55.5 Å². The van der Waals surface area contributed by atoms with Crippen LogP contribution in [-0.4, -0.2) is 36.7 Å². The third-order valence-corrected chi connectivity index (χ3v) is 8.64. The number of rotatable bonds is 7. The molecule has 0 aliphatic heterocycles. The molecule has 1 aliphatic carbocycles. The summed E-state index contributed by atoms with van der Waals surface area (Å²) in [6.07, 6.45) is 5.18. The first-order valence-corrected chi connectivity index (χ1v) is 13.0.